The van der Waals surface area contributed by atoms with Gasteiger partial charge in [0.05, 0.1) is 18.2 Å². The van der Waals surface area contributed by atoms with Gasteiger partial charge in [-0.15, -0.1) is 0 Å². The van der Waals surface area contributed by atoms with Crippen molar-refractivity contribution in [3.05, 3.63) is 29.3 Å². The molecule has 162 valence electrons. The van der Waals surface area contributed by atoms with E-state index in [0.717, 1.165) is 18.2 Å². The van der Waals surface area contributed by atoms with E-state index >= 15 is 0 Å². The van der Waals surface area contributed by atoms with Crippen molar-refractivity contribution in [1.29, 1.82) is 0 Å². The molecule has 0 unspecified atom stereocenters. The number of hydrogen-bond acceptors (Lipinski definition) is 5. The normalized spacial score (nSPS) is 20.3. The van der Waals surface area contributed by atoms with Gasteiger partial charge < -0.3 is 20.1 Å². The number of benzene rings is 1. The van der Waals surface area contributed by atoms with Crippen LogP contribution in [-0.4, -0.2) is 36.9 Å². The van der Waals surface area contributed by atoms with Crippen molar-refractivity contribution in [3.8, 4) is 0 Å². The third-order valence-electron chi connectivity index (χ3n) is 4.73. The lowest BCUT2D eigenvalue weighted by Gasteiger charge is -2.40. The molecular weight excluding hydrogens is 389 g/mol. The number of carbonyl (C=O) groups is 2. The largest absolute Gasteiger partial charge is 0.465 e. The van der Waals surface area contributed by atoms with Crippen molar-refractivity contribution in [3.63, 3.8) is 0 Å². The predicted octanol–water partition coefficient (Wildman–Crippen LogP) is 4.60. The fraction of sp³-hybridized carbons (Fsp3) is 0.600. The average molecular weight is 416 g/mol. The summed E-state index contributed by atoms with van der Waals surface area (Å²) in [6.45, 7) is 7.08. The maximum atomic E-state index is 13.3. The predicted molar refractivity (Wildman–Crippen MR) is 102 cm³/mol. The standard InChI is InChI=1S/C20H27F3N2O4/c1-11(13-8-14(9-13)25-18(27)29-19(2,3)4)24-16-10-12(17(26)28-5)6-7-15(16)20(21,22)23/h6-7,10-11,13-14,24H,8-9H2,1-5H3,(H,25,27)/t11-,13?,14?/m0/s1. The Kier molecular flexibility index (Phi) is 6.70. The molecule has 0 radical (unpaired) electrons. The smallest absolute Gasteiger partial charge is 0.418 e. The Morgan fingerprint density at radius 3 is 2.31 bits per heavy atom. The van der Waals surface area contributed by atoms with Crippen molar-refractivity contribution >= 4 is 17.7 Å². The minimum absolute atomic E-state index is 0.0354. The van der Waals surface area contributed by atoms with E-state index in [-0.39, 0.29) is 29.3 Å². The number of rotatable bonds is 5. The number of amides is 1. The zero-order valence-corrected chi connectivity index (χ0v) is 17.1. The zero-order valence-electron chi connectivity index (χ0n) is 17.1. The zero-order chi connectivity index (χ0) is 22.0. The molecule has 0 bridgehead atoms. The SMILES string of the molecule is COC(=O)c1ccc(C(F)(F)F)c(N[C@@H](C)C2CC(NC(=O)OC(C)(C)C)C2)c1. The maximum absolute atomic E-state index is 13.3. The van der Waals surface area contributed by atoms with E-state index in [1.807, 2.05) is 0 Å². The van der Waals surface area contributed by atoms with Crippen LogP contribution in [0.3, 0.4) is 0 Å². The third kappa shape index (κ3) is 6.27. The van der Waals surface area contributed by atoms with Crippen molar-refractivity contribution in [1.82, 2.24) is 5.32 Å². The van der Waals surface area contributed by atoms with E-state index in [9.17, 15) is 22.8 Å². The molecule has 1 saturated carbocycles. The van der Waals surface area contributed by atoms with Crippen molar-refractivity contribution in [2.24, 2.45) is 5.92 Å². The number of carbonyl (C=O) groups excluding carboxylic acids is 2. The van der Waals surface area contributed by atoms with Gasteiger partial charge in [0.25, 0.3) is 0 Å². The average Bonchev–Trinajstić information content (AvgIpc) is 2.54. The summed E-state index contributed by atoms with van der Waals surface area (Å²) in [4.78, 5) is 23.5. The second kappa shape index (κ2) is 8.51. The first kappa shape index (κ1) is 22.8. The van der Waals surface area contributed by atoms with E-state index in [1.54, 1.807) is 27.7 Å². The Bertz CT molecular complexity index is 753. The van der Waals surface area contributed by atoms with Crippen LogP contribution in [0.2, 0.25) is 0 Å². The number of hydrogen-bond donors (Lipinski definition) is 2. The van der Waals surface area contributed by atoms with E-state index in [1.165, 1.54) is 7.11 Å². The van der Waals surface area contributed by atoms with Gasteiger partial charge in [-0.1, -0.05) is 0 Å². The summed E-state index contributed by atoms with van der Waals surface area (Å²) in [5.74, 6) is -0.641. The highest BCUT2D eigenvalue weighted by Crippen LogP contribution is 2.38. The monoisotopic (exact) mass is 416 g/mol. The number of nitrogens with one attached hydrogen (secondary N) is 2. The van der Waals surface area contributed by atoms with Crippen LogP contribution in [0.4, 0.5) is 23.7 Å². The second-order valence-corrected chi connectivity index (χ2v) is 8.26. The molecule has 1 atom stereocenters. The summed E-state index contributed by atoms with van der Waals surface area (Å²) in [6, 6.07) is 2.74. The number of ether oxygens (including phenoxy) is 2. The summed E-state index contributed by atoms with van der Waals surface area (Å²) in [6.07, 6.45) is -3.83. The number of anilines is 1. The Morgan fingerprint density at radius 2 is 1.79 bits per heavy atom. The molecule has 9 heteroatoms. The molecule has 1 fully saturated rings. The minimum atomic E-state index is -4.56. The van der Waals surface area contributed by atoms with Gasteiger partial charge in [-0.05, 0) is 64.7 Å². The highest BCUT2D eigenvalue weighted by Gasteiger charge is 2.38. The molecule has 29 heavy (non-hydrogen) atoms. The van der Waals surface area contributed by atoms with Crippen LogP contribution >= 0.6 is 0 Å². The molecular formula is C20H27F3N2O4. The van der Waals surface area contributed by atoms with Gasteiger partial charge in [0.2, 0.25) is 0 Å². The molecule has 0 aromatic heterocycles. The summed E-state index contributed by atoms with van der Waals surface area (Å²) < 4.78 is 49.8. The molecule has 6 nitrogen and oxygen atoms in total. The van der Waals surface area contributed by atoms with E-state index < -0.39 is 29.4 Å². The van der Waals surface area contributed by atoms with Gasteiger partial charge in [-0.25, -0.2) is 9.59 Å². The van der Waals surface area contributed by atoms with Crippen LogP contribution in [0.25, 0.3) is 0 Å². The highest BCUT2D eigenvalue weighted by atomic mass is 19.4. The third-order valence-corrected chi connectivity index (χ3v) is 4.73. The fourth-order valence-corrected chi connectivity index (χ4v) is 3.18. The number of methoxy groups -OCH3 is 1. The van der Waals surface area contributed by atoms with Crippen LogP contribution in [-0.2, 0) is 15.7 Å². The van der Waals surface area contributed by atoms with E-state index in [4.69, 9.17) is 4.74 Å². The van der Waals surface area contributed by atoms with E-state index in [0.29, 0.717) is 12.8 Å². The Balaban J connectivity index is 2.01. The molecule has 0 aliphatic heterocycles. The van der Waals surface area contributed by atoms with Gasteiger partial charge in [-0.3, -0.25) is 0 Å². The summed E-state index contributed by atoms with van der Waals surface area (Å²) >= 11 is 0. The van der Waals surface area contributed by atoms with Gasteiger partial charge in [0, 0.05) is 17.8 Å². The first-order chi connectivity index (χ1) is 13.3. The van der Waals surface area contributed by atoms with Gasteiger partial charge in [-0.2, -0.15) is 13.2 Å². The van der Waals surface area contributed by atoms with E-state index in [2.05, 4.69) is 15.4 Å². The van der Waals surface area contributed by atoms with Crippen molar-refractivity contribution < 1.29 is 32.2 Å². The first-order valence-electron chi connectivity index (χ1n) is 9.35. The molecule has 1 aliphatic rings. The maximum Gasteiger partial charge on any atom is 0.418 e. The second-order valence-electron chi connectivity index (χ2n) is 8.26. The molecule has 2 rings (SSSR count). The van der Waals surface area contributed by atoms with Crippen LogP contribution < -0.4 is 10.6 Å². The quantitative estimate of drug-likeness (QED) is 0.687. The lowest BCUT2D eigenvalue weighted by Crippen LogP contribution is -2.50. The number of halogens is 3. The summed E-state index contributed by atoms with van der Waals surface area (Å²) in [5, 5.41) is 5.64. The van der Waals surface area contributed by atoms with Gasteiger partial charge in [0.15, 0.2) is 0 Å². The van der Waals surface area contributed by atoms with Crippen molar-refractivity contribution in [2.75, 3.05) is 12.4 Å². The van der Waals surface area contributed by atoms with Crippen LogP contribution in [0.5, 0.6) is 0 Å². The molecule has 1 amide bonds. The molecule has 1 aromatic carbocycles. The summed E-state index contributed by atoms with van der Waals surface area (Å²) in [5.41, 5.74) is -1.58. The topological polar surface area (TPSA) is 76.7 Å². The Hall–Kier alpha value is -2.45. The Morgan fingerprint density at radius 1 is 1.17 bits per heavy atom. The van der Waals surface area contributed by atoms with Gasteiger partial charge in [0.1, 0.15) is 5.60 Å². The van der Waals surface area contributed by atoms with Crippen LogP contribution in [0.15, 0.2) is 18.2 Å². The highest BCUT2D eigenvalue weighted by molar-refractivity contribution is 5.90. The number of alkyl carbamates (subject to hydrolysis) is 1. The minimum Gasteiger partial charge on any atom is -0.465 e. The fourth-order valence-electron chi connectivity index (χ4n) is 3.18. The lowest BCUT2D eigenvalue weighted by atomic mass is 9.76. The first-order valence-corrected chi connectivity index (χ1v) is 9.35. The molecule has 0 heterocycles. The van der Waals surface area contributed by atoms with Gasteiger partial charge >= 0.3 is 18.2 Å². The number of esters is 1. The molecule has 2 N–H and O–H groups in total. The molecule has 0 spiro atoms. The summed E-state index contributed by atoms with van der Waals surface area (Å²) in [7, 11) is 1.17. The van der Waals surface area contributed by atoms with Crippen molar-refractivity contribution in [2.45, 2.75) is 64.4 Å². The molecule has 0 saturated heterocycles. The number of alkyl halides is 3. The molecule has 1 aromatic rings. The Labute approximate surface area is 168 Å². The lowest BCUT2D eigenvalue weighted by molar-refractivity contribution is -0.137. The van der Waals surface area contributed by atoms with Crippen LogP contribution in [0, 0.1) is 5.92 Å². The van der Waals surface area contributed by atoms with Crippen LogP contribution in [0.1, 0.15) is 56.5 Å². The molecule has 1 aliphatic carbocycles.